The van der Waals surface area contributed by atoms with Crippen LogP contribution in [0.4, 0.5) is 17.5 Å². The molecule has 9 heteroatoms. The maximum atomic E-state index is 12.8. The van der Waals surface area contributed by atoms with E-state index in [9.17, 15) is 14.1 Å². The second-order valence-corrected chi connectivity index (χ2v) is 9.44. The maximum absolute atomic E-state index is 12.8. The van der Waals surface area contributed by atoms with Gasteiger partial charge in [0.15, 0.2) is 0 Å². The van der Waals surface area contributed by atoms with Gasteiger partial charge in [-0.25, -0.2) is 4.98 Å². The Morgan fingerprint density at radius 2 is 1.97 bits per heavy atom. The largest absolute Gasteiger partial charge is 0.394 e. The van der Waals surface area contributed by atoms with Crippen LogP contribution in [0.5, 0.6) is 0 Å². The predicted molar refractivity (Wildman–Crippen MR) is 117 cm³/mol. The van der Waals surface area contributed by atoms with Crippen molar-refractivity contribution in [2.45, 2.75) is 31.2 Å². The van der Waals surface area contributed by atoms with E-state index in [4.69, 9.17) is 0 Å². The van der Waals surface area contributed by atoms with Crippen molar-refractivity contribution in [2.75, 3.05) is 47.1 Å². The van der Waals surface area contributed by atoms with Crippen molar-refractivity contribution >= 4 is 34.2 Å². The number of benzene rings is 1. The molecular weight excluding hydrogens is 402 g/mol. The van der Waals surface area contributed by atoms with E-state index in [1.807, 2.05) is 49.1 Å². The first-order valence-corrected chi connectivity index (χ1v) is 11.6. The van der Waals surface area contributed by atoms with Crippen LogP contribution in [0.15, 0.2) is 35.2 Å². The van der Waals surface area contributed by atoms with Gasteiger partial charge in [-0.1, -0.05) is 32.0 Å². The lowest BCUT2D eigenvalue weighted by atomic mass is 10.1. The van der Waals surface area contributed by atoms with Crippen molar-refractivity contribution < 1.29 is 14.1 Å². The number of aliphatic hydroxyl groups is 1. The van der Waals surface area contributed by atoms with Gasteiger partial charge in [-0.15, -0.1) is 0 Å². The summed E-state index contributed by atoms with van der Waals surface area (Å²) in [7, 11) is -1.15. The molecular formula is C21H27N5O3S. The topological polar surface area (TPSA) is 98.7 Å². The molecule has 0 saturated carbocycles. The van der Waals surface area contributed by atoms with Crippen LogP contribution in [0.25, 0.3) is 0 Å². The van der Waals surface area contributed by atoms with Crippen LogP contribution in [-0.2, 0) is 22.0 Å². The van der Waals surface area contributed by atoms with Crippen LogP contribution in [0.2, 0.25) is 0 Å². The van der Waals surface area contributed by atoms with Gasteiger partial charge in [0.1, 0.15) is 17.3 Å². The number of aryl methyl sites for hydroxylation is 1. The van der Waals surface area contributed by atoms with Gasteiger partial charge < -0.3 is 20.2 Å². The van der Waals surface area contributed by atoms with E-state index in [1.165, 1.54) is 0 Å². The van der Waals surface area contributed by atoms with E-state index < -0.39 is 10.8 Å². The summed E-state index contributed by atoms with van der Waals surface area (Å²) >= 11 is 0. The molecule has 2 unspecified atom stereocenters. The predicted octanol–water partition coefficient (Wildman–Crippen LogP) is 1.42. The van der Waals surface area contributed by atoms with Gasteiger partial charge in [0, 0.05) is 31.0 Å². The molecule has 160 valence electrons. The fraction of sp³-hybridized carbons (Fsp3) is 0.476. The fourth-order valence-corrected chi connectivity index (χ4v) is 5.06. The Hall–Kier alpha value is -2.52. The summed E-state index contributed by atoms with van der Waals surface area (Å²) in [6.45, 7) is 5.30. The van der Waals surface area contributed by atoms with Crippen LogP contribution >= 0.6 is 0 Å². The molecule has 2 aliphatic heterocycles. The highest BCUT2D eigenvalue weighted by atomic mass is 32.2. The number of nitrogens with zero attached hydrogens (tertiary/aromatic N) is 4. The maximum Gasteiger partial charge on any atom is 0.246 e. The number of carbonyl (C=O) groups excluding carboxylic acids is 1. The Kier molecular flexibility index (Phi) is 6.01. The van der Waals surface area contributed by atoms with Gasteiger partial charge in [0.05, 0.1) is 29.1 Å². The molecule has 1 fully saturated rings. The van der Waals surface area contributed by atoms with Gasteiger partial charge in [-0.05, 0) is 18.1 Å². The number of hydrogen-bond donors (Lipinski definition) is 2. The molecule has 1 saturated heterocycles. The molecule has 0 spiro atoms. The first-order valence-electron chi connectivity index (χ1n) is 10.2. The monoisotopic (exact) mass is 429 g/mol. The smallest absolute Gasteiger partial charge is 0.246 e. The minimum Gasteiger partial charge on any atom is -0.394 e. The fourth-order valence-electron chi connectivity index (χ4n) is 3.75. The van der Waals surface area contributed by atoms with Crippen LogP contribution in [-0.4, -0.2) is 63.2 Å². The molecule has 8 nitrogen and oxygen atoms in total. The van der Waals surface area contributed by atoms with Crippen LogP contribution in [0, 0.1) is 5.92 Å². The van der Waals surface area contributed by atoms with Gasteiger partial charge >= 0.3 is 0 Å². The second-order valence-electron chi connectivity index (χ2n) is 7.93. The van der Waals surface area contributed by atoms with Crippen molar-refractivity contribution in [1.29, 1.82) is 0 Å². The van der Waals surface area contributed by atoms with E-state index >= 15 is 0 Å². The Balaban J connectivity index is 1.60. The molecule has 4 rings (SSSR count). The summed E-state index contributed by atoms with van der Waals surface area (Å²) in [5.41, 5.74) is 1.65. The van der Waals surface area contributed by atoms with Crippen molar-refractivity contribution in [3.8, 4) is 0 Å². The van der Waals surface area contributed by atoms with Crippen molar-refractivity contribution in [3.63, 3.8) is 0 Å². The molecule has 0 radical (unpaired) electrons. The van der Waals surface area contributed by atoms with E-state index in [0.717, 1.165) is 11.4 Å². The third-order valence-corrected chi connectivity index (χ3v) is 7.03. The van der Waals surface area contributed by atoms with Crippen molar-refractivity contribution in [3.05, 3.63) is 36.0 Å². The Morgan fingerprint density at radius 3 is 2.63 bits per heavy atom. The lowest BCUT2D eigenvalue weighted by Gasteiger charge is -2.34. The highest BCUT2D eigenvalue weighted by molar-refractivity contribution is 7.85. The summed E-state index contributed by atoms with van der Waals surface area (Å²) < 4.78 is 12.5. The number of amides is 1. The van der Waals surface area contributed by atoms with Crippen molar-refractivity contribution in [1.82, 2.24) is 9.97 Å². The minimum atomic E-state index is -1.15. The minimum absolute atomic E-state index is 0.00921. The van der Waals surface area contributed by atoms with Crippen LogP contribution < -0.4 is 15.1 Å². The van der Waals surface area contributed by atoms with Gasteiger partial charge in [0.25, 0.3) is 0 Å². The SMILES string of the molecule is CC(C)C(CO)Nc1nc(N2CCN(c3ccccc3)C(=O)C2)nc2c1S(=O)CC2. The number of piperazine rings is 1. The molecule has 0 aliphatic carbocycles. The number of nitrogens with one attached hydrogen (secondary N) is 1. The summed E-state index contributed by atoms with van der Waals surface area (Å²) in [4.78, 5) is 26.4. The molecule has 1 amide bonds. The summed E-state index contributed by atoms with van der Waals surface area (Å²) in [6, 6.07) is 9.42. The standard InChI is InChI=1S/C21H27N5O3S/c1-14(2)17(13-27)22-20-19-16(8-11-30(19)29)23-21(24-20)25-9-10-26(18(28)12-25)15-6-4-3-5-7-15/h3-7,14,17,27H,8-13H2,1-2H3,(H,22,23,24). The molecule has 30 heavy (non-hydrogen) atoms. The lowest BCUT2D eigenvalue weighted by Crippen LogP contribution is -2.51. The normalized spacial score (nSPS) is 19.9. The Morgan fingerprint density at radius 1 is 1.20 bits per heavy atom. The van der Waals surface area contributed by atoms with Gasteiger partial charge in [-0.3, -0.25) is 9.00 Å². The Labute approximate surface area is 178 Å². The second kappa shape index (κ2) is 8.69. The van der Waals surface area contributed by atoms with Crippen molar-refractivity contribution in [2.24, 2.45) is 5.92 Å². The number of anilines is 3. The van der Waals surface area contributed by atoms with E-state index in [2.05, 4.69) is 15.3 Å². The average Bonchev–Trinajstić information content (AvgIpc) is 3.13. The summed E-state index contributed by atoms with van der Waals surface area (Å²) in [5, 5.41) is 13.0. The summed E-state index contributed by atoms with van der Waals surface area (Å²) in [6.07, 6.45) is 0.621. The molecule has 0 bridgehead atoms. The zero-order valence-electron chi connectivity index (χ0n) is 17.2. The van der Waals surface area contributed by atoms with E-state index in [-0.39, 0.29) is 31.0 Å². The molecule has 2 atom stereocenters. The number of aromatic nitrogens is 2. The van der Waals surface area contributed by atoms with Crippen LogP contribution in [0.3, 0.4) is 0 Å². The molecule has 3 heterocycles. The van der Waals surface area contributed by atoms with Gasteiger partial charge in [-0.2, -0.15) is 4.98 Å². The molecule has 2 aromatic rings. The number of aliphatic hydroxyl groups excluding tert-OH is 1. The van der Waals surface area contributed by atoms with Crippen LogP contribution in [0.1, 0.15) is 19.5 Å². The third kappa shape index (κ3) is 4.04. The van der Waals surface area contributed by atoms with E-state index in [1.54, 1.807) is 4.90 Å². The number of carbonyl (C=O) groups is 1. The highest BCUT2D eigenvalue weighted by Gasteiger charge is 2.31. The quantitative estimate of drug-likeness (QED) is 0.717. The number of para-hydroxylation sites is 1. The lowest BCUT2D eigenvalue weighted by molar-refractivity contribution is -0.117. The van der Waals surface area contributed by atoms with Gasteiger partial charge in [0.2, 0.25) is 11.9 Å². The molecule has 2 N–H and O–H groups in total. The summed E-state index contributed by atoms with van der Waals surface area (Å²) in [5.74, 6) is 1.67. The first kappa shape index (κ1) is 20.7. The highest BCUT2D eigenvalue weighted by Crippen LogP contribution is 2.31. The Bertz CT molecular complexity index is 953. The third-order valence-electron chi connectivity index (χ3n) is 5.57. The number of rotatable bonds is 6. The zero-order chi connectivity index (χ0) is 21.3. The number of fused-ring (bicyclic) bond motifs is 1. The average molecular weight is 430 g/mol. The first-order chi connectivity index (χ1) is 14.5. The molecule has 1 aromatic heterocycles. The molecule has 1 aromatic carbocycles. The number of hydrogen-bond acceptors (Lipinski definition) is 7. The molecule has 2 aliphatic rings. The van der Waals surface area contributed by atoms with E-state index in [0.29, 0.717) is 41.9 Å². The zero-order valence-corrected chi connectivity index (χ0v) is 18.1.